The van der Waals surface area contributed by atoms with E-state index in [1.807, 2.05) is 0 Å². The van der Waals surface area contributed by atoms with Crippen molar-refractivity contribution < 1.29 is 14.3 Å². The predicted molar refractivity (Wildman–Crippen MR) is 85.6 cm³/mol. The molecule has 5 heteroatoms. The van der Waals surface area contributed by atoms with Crippen molar-refractivity contribution in [2.45, 2.75) is 44.7 Å². The van der Waals surface area contributed by atoms with E-state index in [4.69, 9.17) is 5.11 Å². The molecule has 0 bridgehead atoms. The molecule has 0 saturated heterocycles. The van der Waals surface area contributed by atoms with E-state index in [0.29, 0.717) is 11.7 Å². The maximum Gasteiger partial charge on any atom is 0.323 e. The fourth-order valence-electron chi connectivity index (χ4n) is 3.18. The molecule has 0 heterocycles. The second-order valence-electron chi connectivity index (χ2n) is 6.24. The summed E-state index contributed by atoms with van der Waals surface area (Å²) in [6.07, 6.45) is 6.34. The molecular formula is C17H25FN2O2. The van der Waals surface area contributed by atoms with Crippen LogP contribution in [0, 0.1) is 5.82 Å². The predicted octanol–water partition coefficient (Wildman–Crippen LogP) is 3.11. The van der Waals surface area contributed by atoms with Crippen LogP contribution < -0.4 is 4.90 Å². The molecule has 1 aliphatic carbocycles. The second-order valence-corrected chi connectivity index (χ2v) is 6.24. The number of rotatable bonds is 6. The first-order chi connectivity index (χ1) is 10.5. The Hall–Kier alpha value is -1.62. The van der Waals surface area contributed by atoms with E-state index in [9.17, 15) is 9.18 Å². The third-order valence-electron chi connectivity index (χ3n) is 4.42. The largest absolute Gasteiger partial charge is 0.480 e. The number of hydrogen-bond donors (Lipinski definition) is 1. The van der Waals surface area contributed by atoms with Crippen molar-refractivity contribution in [2.75, 3.05) is 25.5 Å². The van der Waals surface area contributed by atoms with Crippen LogP contribution in [-0.4, -0.2) is 42.7 Å². The van der Waals surface area contributed by atoms with Crippen molar-refractivity contribution in [3.8, 4) is 0 Å². The van der Waals surface area contributed by atoms with E-state index in [0.717, 1.165) is 12.1 Å². The minimum atomic E-state index is -0.966. The normalized spacial score (nSPS) is 16.0. The van der Waals surface area contributed by atoms with E-state index in [1.54, 1.807) is 19.2 Å². The molecule has 0 unspecified atom stereocenters. The number of carbonyl (C=O) groups is 1. The van der Waals surface area contributed by atoms with Gasteiger partial charge in [0.15, 0.2) is 0 Å². The summed E-state index contributed by atoms with van der Waals surface area (Å²) in [6, 6.07) is 5.57. The summed E-state index contributed by atoms with van der Waals surface area (Å²) in [5.74, 6) is -1.35. The van der Waals surface area contributed by atoms with Crippen LogP contribution in [0.1, 0.15) is 37.7 Å². The Morgan fingerprint density at radius 2 is 1.95 bits per heavy atom. The van der Waals surface area contributed by atoms with Crippen molar-refractivity contribution in [2.24, 2.45) is 0 Å². The molecule has 1 N–H and O–H groups in total. The number of carboxylic acid groups (broad SMARTS) is 1. The summed E-state index contributed by atoms with van der Waals surface area (Å²) >= 11 is 0. The van der Waals surface area contributed by atoms with E-state index < -0.39 is 5.97 Å². The number of anilines is 1. The van der Waals surface area contributed by atoms with Gasteiger partial charge in [0.1, 0.15) is 12.4 Å². The maximum atomic E-state index is 13.9. The highest BCUT2D eigenvalue weighted by Crippen LogP contribution is 2.25. The van der Waals surface area contributed by atoms with Gasteiger partial charge in [0.05, 0.1) is 5.69 Å². The van der Waals surface area contributed by atoms with Gasteiger partial charge < -0.3 is 10.0 Å². The quantitative estimate of drug-likeness (QED) is 0.877. The van der Waals surface area contributed by atoms with E-state index in [2.05, 4.69) is 11.9 Å². The Kier molecular flexibility index (Phi) is 5.77. The van der Waals surface area contributed by atoms with Crippen molar-refractivity contribution in [3.05, 3.63) is 29.6 Å². The van der Waals surface area contributed by atoms with Crippen molar-refractivity contribution in [1.82, 2.24) is 4.90 Å². The zero-order valence-electron chi connectivity index (χ0n) is 13.4. The van der Waals surface area contributed by atoms with Crippen LogP contribution in [0.3, 0.4) is 0 Å². The Balaban J connectivity index is 2.06. The zero-order chi connectivity index (χ0) is 16.1. The Morgan fingerprint density at radius 3 is 2.59 bits per heavy atom. The molecule has 1 aliphatic rings. The minimum absolute atomic E-state index is 0.209. The lowest BCUT2D eigenvalue weighted by molar-refractivity contribution is -0.135. The Bertz CT molecular complexity index is 515. The standard InChI is InChI=1S/C17H25FN2O2/c1-19(14-6-4-3-5-7-14)11-13-8-9-15(18)16(10-13)20(2)12-17(21)22/h8-10,14H,3-7,11-12H2,1-2H3,(H,21,22). The maximum absolute atomic E-state index is 13.9. The number of carboxylic acids is 1. The van der Waals surface area contributed by atoms with Crippen LogP contribution in [-0.2, 0) is 11.3 Å². The van der Waals surface area contributed by atoms with Gasteiger partial charge in [-0.1, -0.05) is 25.3 Å². The highest BCUT2D eigenvalue weighted by atomic mass is 19.1. The van der Waals surface area contributed by atoms with E-state index >= 15 is 0 Å². The Morgan fingerprint density at radius 1 is 1.27 bits per heavy atom. The number of nitrogens with zero attached hydrogens (tertiary/aromatic N) is 2. The van der Waals surface area contributed by atoms with Crippen molar-refractivity contribution >= 4 is 11.7 Å². The van der Waals surface area contributed by atoms with Gasteiger partial charge in [0.25, 0.3) is 0 Å². The summed E-state index contributed by atoms with van der Waals surface area (Å²) in [7, 11) is 3.71. The first-order valence-electron chi connectivity index (χ1n) is 7.89. The molecule has 4 nitrogen and oxygen atoms in total. The van der Waals surface area contributed by atoms with Gasteiger partial charge in [0, 0.05) is 19.6 Å². The number of hydrogen-bond acceptors (Lipinski definition) is 3. The van der Waals surface area contributed by atoms with E-state index in [1.165, 1.54) is 43.1 Å². The van der Waals surface area contributed by atoms with Crippen molar-refractivity contribution in [3.63, 3.8) is 0 Å². The fraction of sp³-hybridized carbons (Fsp3) is 0.588. The molecule has 0 aromatic heterocycles. The van der Waals surface area contributed by atoms with Gasteiger partial charge in [-0.15, -0.1) is 0 Å². The second kappa shape index (κ2) is 7.58. The molecule has 1 fully saturated rings. The molecule has 0 aliphatic heterocycles. The fourth-order valence-corrected chi connectivity index (χ4v) is 3.18. The number of benzene rings is 1. The average Bonchev–Trinajstić information content (AvgIpc) is 2.49. The summed E-state index contributed by atoms with van der Waals surface area (Å²) in [4.78, 5) is 14.6. The molecule has 0 spiro atoms. The third-order valence-corrected chi connectivity index (χ3v) is 4.42. The third kappa shape index (κ3) is 4.44. The number of likely N-dealkylation sites (N-methyl/N-ethyl adjacent to an activating group) is 1. The Labute approximate surface area is 131 Å². The van der Waals surface area contributed by atoms with Gasteiger partial charge >= 0.3 is 5.97 Å². The number of halogens is 1. The minimum Gasteiger partial charge on any atom is -0.480 e. The molecule has 0 amide bonds. The molecule has 22 heavy (non-hydrogen) atoms. The molecule has 122 valence electrons. The van der Waals surface area contributed by atoms with Gasteiger partial charge in [-0.05, 0) is 37.6 Å². The monoisotopic (exact) mass is 308 g/mol. The van der Waals surface area contributed by atoms with Crippen LogP contribution in [0.5, 0.6) is 0 Å². The summed E-state index contributed by atoms with van der Waals surface area (Å²) in [6.45, 7) is 0.553. The summed E-state index contributed by atoms with van der Waals surface area (Å²) in [5, 5.41) is 8.85. The van der Waals surface area contributed by atoms with Gasteiger partial charge in [0.2, 0.25) is 0 Å². The van der Waals surface area contributed by atoms with Crippen molar-refractivity contribution in [1.29, 1.82) is 0 Å². The van der Waals surface area contributed by atoms with E-state index in [-0.39, 0.29) is 12.4 Å². The van der Waals surface area contributed by atoms with Gasteiger partial charge in [-0.2, -0.15) is 0 Å². The average molecular weight is 308 g/mol. The topological polar surface area (TPSA) is 43.8 Å². The highest BCUT2D eigenvalue weighted by molar-refractivity contribution is 5.73. The lowest BCUT2D eigenvalue weighted by Crippen LogP contribution is -2.33. The molecule has 0 atom stereocenters. The molecular weight excluding hydrogens is 283 g/mol. The smallest absolute Gasteiger partial charge is 0.323 e. The van der Waals surface area contributed by atoms with Crippen LogP contribution in [0.4, 0.5) is 10.1 Å². The SMILES string of the molecule is CN(CC(=O)O)c1cc(CN(C)C2CCCCC2)ccc1F. The first-order valence-corrected chi connectivity index (χ1v) is 7.89. The lowest BCUT2D eigenvalue weighted by Gasteiger charge is -2.31. The van der Waals surface area contributed by atoms with Crippen LogP contribution in [0.2, 0.25) is 0 Å². The van der Waals surface area contributed by atoms with Gasteiger partial charge in [-0.25, -0.2) is 4.39 Å². The van der Waals surface area contributed by atoms with Crippen LogP contribution in [0.15, 0.2) is 18.2 Å². The zero-order valence-corrected chi connectivity index (χ0v) is 13.4. The van der Waals surface area contributed by atoms with Gasteiger partial charge in [-0.3, -0.25) is 9.69 Å². The lowest BCUT2D eigenvalue weighted by atomic mass is 9.94. The molecule has 0 radical (unpaired) electrons. The highest BCUT2D eigenvalue weighted by Gasteiger charge is 2.19. The first kappa shape index (κ1) is 16.7. The summed E-state index contributed by atoms with van der Waals surface area (Å²) < 4.78 is 13.9. The molecule has 1 aromatic rings. The molecule has 2 rings (SSSR count). The van der Waals surface area contributed by atoms with Crippen LogP contribution in [0.25, 0.3) is 0 Å². The molecule has 1 aromatic carbocycles. The molecule has 1 saturated carbocycles. The number of aliphatic carboxylic acids is 1. The van der Waals surface area contributed by atoms with Crippen LogP contribution >= 0.6 is 0 Å². The summed E-state index contributed by atoms with van der Waals surface area (Å²) in [5.41, 5.74) is 1.36.